The Balaban J connectivity index is 1.90. The van der Waals surface area contributed by atoms with E-state index in [4.69, 9.17) is 0 Å². The molecule has 1 aliphatic rings. The molecule has 0 N–H and O–H groups in total. The van der Waals surface area contributed by atoms with Crippen molar-refractivity contribution in [1.82, 2.24) is 4.90 Å². The quantitative estimate of drug-likeness (QED) is 0.801. The van der Waals surface area contributed by atoms with Gasteiger partial charge in [-0.3, -0.25) is 4.79 Å². The zero-order valence-corrected chi connectivity index (χ0v) is 11.5. The lowest BCUT2D eigenvalue weighted by Gasteiger charge is -2.30. The van der Waals surface area contributed by atoms with E-state index in [0.717, 1.165) is 43.8 Å². The highest BCUT2D eigenvalue weighted by atomic mass is 16.2. The molecule has 0 saturated carbocycles. The molecule has 18 heavy (non-hydrogen) atoms. The number of rotatable bonds is 3. The topological polar surface area (TPSA) is 20.3 Å². The van der Waals surface area contributed by atoms with Crippen LogP contribution in [-0.4, -0.2) is 23.9 Å². The lowest BCUT2D eigenvalue weighted by atomic mass is 9.98. The second-order valence-corrected chi connectivity index (χ2v) is 5.41. The lowest BCUT2D eigenvalue weighted by molar-refractivity contribution is -0.131. The first-order valence-electron chi connectivity index (χ1n) is 7.04. The van der Waals surface area contributed by atoms with Crippen molar-refractivity contribution >= 4 is 5.91 Å². The van der Waals surface area contributed by atoms with Crippen molar-refractivity contribution in [3.8, 4) is 0 Å². The van der Waals surface area contributed by atoms with E-state index in [1.807, 2.05) is 4.90 Å². The predicted octanol–water partition coefficient (Wildman–Crippen LogP) is 3.05. The Morgan fingerprint density at radius 2 is 1.72 bits per heavy atom. The van der Waals surface area contributed by atoms with Crippen LogP contribution >= 0.6 is 0 Å². The fourth-order valence-electron chi connectivity index (χ4n) is 2.44. The number of carbonyl (C=O) groups excluding carboxylic acids is 1. The maximum atomic E-state index is 12.2. The van der Waals surface area contributed by atoms with Crippen LogP contribution in [0.1, 0.15) is 37.8 Å². The van der Waals surface area contributed by atoms with Crippen molar-refractivity contribution in [1.29, 1.82) is 0 Å². The molecular formula is C16H23NO. The smallest absolute Gasteiger partial charge is 0.226 e. The van der Waals surface area contributed by atoms with Crippen molar-refractivity contribution in [2.45, 2.75) is 39.5 Å². The van der Waals surface area contributed by atoms with E-state index in [9.17, 15) is 4.79 Å². The SMILES string of the molecule is CCc1ccc(CC(=O)N2CCC(C)CC2)cc1. The summed E-state index contributed by atoms with van der Waals surface area (Å²) in [5.74, 6) is 1.06. The van der Waals surface area contributed by atoms with Gasteiger partial charge in [-0.1, -0.05) is 38.1 Å². The molecule has 1 heterocycles. The third-order valence-corrected chi connectivity index (χ3v) is 3.92. The summed E-state index contributed by atoms with van der Waals surface area (Å²) < 4.78 is 0. The zero-order chi connectivity index (χ0) is 13.0. The summed E-state index contributed by atoms with van der Waals surface area (Å²) >= 11 is 0. The fourth-order valence-corrected chi connectivity index (χ4v) is 2.44. The van der Waals surface area contributed by atoms with Gasteiger partial charge in [0, 0.05) is 13.1 Å². The minimum Gasteiger partial charge on any atom is -0.342 e. The molecule has 0 aromatic heterocycles. The standard InChI is InChI=1S/C16H23NO/c1-3-14-4-6-15(7-5-14)12-16(18)17-10-8-13(2)9-11-17/h4-7,13H,3,8-12H2,1-2H3. The Labute approximate surface area is 110 Å². The molecule has 1 aromatic rings. The molecule has 2 nitrogen and oxygen atoms in total. The van der Waals surface area contributed by atoms with E-state index in [-0.39, 0.29) is 5.91 Å². The molecule has 1 aromatic carbocycles. The van der Waals surface area contributed by atoms with Crippen LogP contribution in [0.4, 0.5) is 0 Å². The normalized spacial score (nSPS) is 16.9. The average Bonchev–Trinajstić information content (AvgIpc) is 2.40. The number of carbonyl (C=O) groups is 1. The van der Waals surface area contributed by atoms with Gasteiger partial charge in [-0.15, -0.1) is 0 Å². The third-order valence-electron chi connectivity index (χ3n) is 3.92. The van der Waals surface area contributed by atoms with Crippen molar-refractivity contribution in [2.24, 2.45) is 5.92 Å². The van der Waals surface area contributed by atoms with Gasteiger partial charge in [0.05, 0.1) is 6.42 Å². The van der Waals surface area contributed by atoms with Gasteiger partial charge in [-0.05, 0) is 36.3 Å². The number of hydrogen-bond acceptors (Lipinski definition) is 1. The van der Waals surface area contributed by atoms with Crippen LogP contribution in [0.15, 0.2) is 24.3 Å². The van der Waals surface area contributed by atoms with Crippen LogP contribution in [0.3, 0.4) is 0 Å². The highest BCUT2D eigenvalue weighted by molar-refractivity contribution is 5.78. The molecule has 1 fully saturated rings. The van der Waals surface area contributed by atoms with Gasteiger partial charge < -0.3 is 4.90 Å². The van der Waals surface area contributed by atoms with Crippen molar-refractivity contribution < 1.29 is 4.79 Å². The number of piperidine rings is 1. The first kappa shape index (κ1) is 13.1. The number of benzene rings is 1. The maximum absolute atomic E-state index is 12.2. The van der Waals surface area contributed by atoms with E-state index in [0.29, 0.717) is 6.42 Å². The molecule has 0 aliphatic carbocycles. The molecule has 2 heteroatoms. The van der Waals surface area contributed by atoms with Gasteiger partial charge >= 0.3 is 0 Å². The summed E-state index contributed by atoms with van der Waals surface area (Å²) in [4.78, 5) is 14.2. The number of likely N-dealkylation sites (tertiary alicyclic amines) is 1. The van der Waals surface area contributed by atoms with Crippen molar-refractivity contribution in [3.63, 3.8) is 0 Å². The Hall–Kier alpha value is -1.31. The van der Waals surface area contributed by atoms with Gasteiger partial charge in [0.1, 0.15) is 0 Å². The van der Waals surface area contributed by atoms with Gasteiger partial charge in [0.2, 0.25) is 5.91 Å². The zero-order valence-electron chi connectivity index (χ0n) is 11.5. The van der Waals surface area contributed by atoms with Crippen molar-refractivity contribution in [3.05, 3.63) is 35.4 Å². The van der Waals surface area contributed by atoms with E-state index in [1.54, 1.807) is 0 Å². The fraction of sp³-hybridized carbons (Fsp3) is 0.562. The Bertz CT molecular complexity index is 388. The molecule has 2 rings (SSSR count). The van der Waals surface area contributed by atoms with Gasteiger partial charge in [0.25, 0.3) is 0 Å². The second kappa shape index (κ2) is 6.03. The number of hydrogen-bond donors (Lipinski definition) is 0. The van der Waals surface area contributed by atoms with Crippen LogP contribution in [-0.2, 0) is 17.6 Å². The van der Waals surface area contributed by atoms with E-state index in [2.05, 4.69) is 38.1 Å². The molecule has 0 spiro atoms. The number of nitrogens with zero attached hydrogens (tertiary/aromatic N) is 1. The Kier molecular flexibility index (Phi) is 4.40. The predicted molar refractivity (Wildman–Crippen MR) is 74.5 cm³/mol. The largest absolute Gasteiger partial charge is 0.342 e. The first-order valence-corrected chi connectivity index (χ1v) is 7.04. The number of aryl methyl sites for hydroxylation is 1. The molecule has 0 bridgehead atoms. The van der Waals surface area contributed by atoms with Gasteiger partial charge in [0.15, 0.2) is 0 Å². The second-order valence-electron chi connectivity index (χ2n) is 5.41. The average molecular weight is 245 g/mol. The maximum Gasteiger partial charge on any atom is 0.226 e. The van der Waals surface area contributed by atoms with Crippen LogP contribution in [0.2, 0.25) is 0 Å². The minimum absolute atomic E-state index is 0.283. The summed E-state index contributed by atoms with van der Waals surface area (Å²) in [7, 11) is 0. The molecule has 0 atom stereocenters. The summed E-state index contributed by atoms with van der Waals surface area (Å²) in [5, 5.41) is 0. The van der Waals surface area contributed by atoms with E-state index in [1.165, 1.54) is 5.56 Å². The third kappa shape index (κ3) is 3.34. The van der Waals surface area contributed by atoms with Gasteiger partial charge in [-0.2, -0.15) is 0 Å². The summed E-state index contributed by atoms with van der Waals surface area (Å²) in [5.41, 5.74) is 2.47. The number of amides is 1. The molecule has 1 saturated heterocycles. The monoisotopic (exact) mass is 245 g/mol. The van der Waals surface area contributed by atoms with Crippen LogP contribution in [0.25, 0.3) is 0 Å². The molecule has 98 valence electrons. The van der Waals surface area contributed by atoms with Crippen LogP contribution in [0.5, 0.6) is 0 Å². The Morgan fingerprint density at radius 1 is 1.17 bits per heavy atom. The van der Waals surface area contributed by atoms with E-state index >= 15 is 0 Å². The van der Waals surface area contributed by atoms with Crippen LogP contribution in [0, 0.1) is 5.92 Å². The highest BCUT2D eigenvalue weighted by Gasteiger charge is 2.20. The molecule has 1 amide bonds. The molecule has 1 aliphatic heterocycles. The summed E-state index contributed by atoms with van der Waals surface area (Å²) in [6, 6.07) is 8.42. The first-order chi connectivity index (χ1) is 8.69. The minimum atomic E-state index is 0.283. The summed E-state index contributed by atoms with van der Waals surface area (Å²) in [6.45, 7) is 6.29. The highest BCUT2D eigenvalue weighted by Crippen LogP contribution is 2.17. The van der Waals surface area contributed by atoms with Gasteiger partial charge in [-0.25, -0.2) is 0 Å². The summed E-state index contributed by atoms with van der Waals surface area (Å²) in [6.07, 6.45) is 3.91. The van der Waals surface area contributed by atoms with Crippen molar-refractivity contribution in [2.75, 3.05) is 13.1 Å². The molecule has 0 radical (unpaired) electrons. The molecular weight excluding hydrogens is 222 g/mol. The lowest BCUT2D eigenvalue weighted by Crippen LogP contribution is -2.38. The Morgan fingerprint density at radius 3 is 2.28 bits per heavy atom. The molecule has 0 unspecified atom stereocenters. The van der Waals surface area contributed by atoms with Crippen LogP contribution < -0.4 is 0 Å². The van der Waals surface area contributed by atoms with E-state index < -0.39 is 0 Å².